The summed E-state index contributed by atoms with van der Waals surface area (Å²) in [7, 11) is 0. The molecule has 110 valence electrons. The van der Waals surface area contributed by atoms with Gasteiger partial charge in [-0.2, -0.15) is 10.5 Å². The lowest BCUT2D eigenvalue weighted by Crippen LogP contribution is -2.02. The minimum Gasteiger partial charge on any atom is -0.508 e. The summed E-state index contributed by atoms with van der Waals surface area (Å²) >= 11 is 0. The zero-order chi connectivity index (χ0) is 16.4. The van der Waals surface area contributed by atoms with E-state index >= 15 is 0 Å². The highest BCUT2D eigenvalue weighted by atomic mass is 16.3. The molecule has 0 atom stereocenters. The number of hydrogen-bond acceptors (Lipinski definition) is 4. The van der Waals surface area contributed by atoms with Crippen molar-refractivity contribution < 1.29 is 5.11 Å². The summed E-state index contributed by atoms with van der Waals surface area (Å²) in [6, 6.07) is 19.8. The van der Waals surface area contributed by atoms with Gasteiger partial charge in [0.25, 0.3) is 0 Å². The van der Waals surface area contributed by atoms with Gasteiger partial charge in [-0.05, 0) is 29.8 Å². The van der Waals surface area contributed by atoms with Gasteiger partial charge in [0.15, 0.2) is 0 Å². The van der Waals surface area contributed by atoms with Crippen LogP contribution in [0.2, 0.25) is 0 Å². The molecule has 5 nitrogen and oxygen atoms in total. The first-order valence-corrected chi connectivity index (χ1v) is 6.86. The molecular formula is C18H12N4O. The Morgan fingerprint density at radius 2 is 1.48 bits per heavy atom. The maximum absolute atomic E-state index is 9.51. The number of benzene rings is 2. The fourth-order valence-electron chi connectivity index (χ4n) is 2.55. The van der Waals surface area contributed by atoms with E-state index in [0.29, 0.717) is 11.4 Å². The van der Waals surface area contributed by atoms with E-state index in [1.54, 1.807) is 16.7 Å². The molecule has 5 heteroatoms. The fraction of sp³-hybridized carbons (Fsp3) is 0. The van der Waals surface area contributed by atoms with Gasteiger partial charge >= 0.3 is 0 Å². The molecule has 3 N–H and O–H groups in total. The number of phenols is 1. The first-order chi connectivity index (χ1) is 11.2. The van der Waals surface area contributed by atoms with E-state index < -0.39 is 0 Å². The van der Waals surface area contributed by atoms with Crippen molar-refractivity contribution in [2.45, 2.75) is 0 Å². The smallest absolute Gasteiger partial charge is 0.128 e. The molecule has 0 aliphatic carbocycles. The predicted molar refractivity (Wildman–Crippen MR) is 86.7 cm³/mol. The Kier molecular flexibility index (Phi) is 3.46. The molecule has 0 radical (unpaired) electrons. The van der Waals surface area contributed by atoms with Crippen molar-refractivity contribution in [3.05, 3.63) is 65.7 Å². The molecule has 0 saturated carbocycles. The Morgan fingerprint density at radius 3 is 2.04 bits per heavy atom. The van der Waals surface area contributed by atoms with Gasteiger partial charge in [0.1, 0.15) is 29.3 Å². The number of nitrogen functional groups attached to an aromatic ring is 1. The van der Waals surface area contributed by atoms with Crippen LogP contribution in [0.3, 0.4) is 0 Å². The van der Waals surface area contributed by atoms with Gasteiger partial charge in [0.05, 0.1) is 11.3 Å². The molecule has 0 unspecified atom stereocenters. The summed E-state index contributed by atoms with van der Waals surface area (Å²) in [5, 5.41) is 28.3. The van der Waals surface area contributed by atoms with Crippen molar-refractivity contribution in [2.24, 2.45) is 0 Å². The highest BCUT2D eigenvalue weighted by Crippen LogP contribution is 2.35. The van der Waals surface area contributed by atoms with E-state index in [0.717, 1.165) is 5.56 Å². The molecule has 2 aromatic carbocycles. The molecule has 1 heterocycles. The summed E-state index contributed by atoms with van der Waals surface area (Å²) in [5.74, 6) is 0.329. The average molecular weight is 300 g/mol. The number of nitrogens with zero attached hydrogens (tertiary/aromatic N) is 3. The monoisotopic (exact) mass is 300 g/mol. The maximum Gasteiger partial charge on any atom is 0.128 e. The second kappa shape index (κ2) is 5.59. The molecule has 3 rings (SSSR count). The molecule has 0 fully saturated rings. The largest absolute Gasteiger partial charge is 0.508 e. The number of hydrogen-bond donors (Lipinski definition) is 2. The van der Waals surface area contributed by atoms with Crippen LogP contribution in [0.5, 0.6) is 5.75 Å². The van der Waals surface area contributed by atoms with Crippen LogP contribution in [-0.2, 0) is 0 Å². The molecule has 1 aromatic heterocycles. The number of rotatable bonds is 2. The van der Waals surface area contributed by atoms with E-state index in [1.165, 1.54) is 12.1 Å². The third-order valence-corrected chi connectivity index (χ3v) is 3.59. The normalized spacial score (nSPS) is 10.0. The van der Waals surface area contributed by atoms with Crippen LogP contribution in [0, 0.1) is 22.7 Å². The van der Waals surface area contributed by atoms with Crippen LogP contribution in [-0.4, -0.2) is 9.67 Å². The predicted octanol–water partition coefficient (Wildman–Crippen LogP) is 3.18. The van der Waals surface area contributed by atoms with Crippen molar-refractivity contribution in [1.82, 2.24) is 4.57 Å². The first kappa shape index (κ1) is 14.2. The molecule has 0 amide bonds. The highest BCUT2D eigenvalue weighted by Gasteiger charge is 2.23. The van der Waals surface area contributed by atoms with Crippen LogP contribution >= 0.6 is 0 Å². The van der Waals surface area contributed by atoms with Crippen molar-refractivity contribution in [2.75, 3.05) is 5.73 Å². The van der Waals surface area contributed by atoms with Crippen molar-refractivity contribution in [3.8, 4) is 34.8 Å². The number of phenolic OH excluding ortho intramolecular Hbond substituents is 1. The SMILES string of the molecule is N#Cc1c(C#N)c(-c2ccccc2)n(-c2ccc(O)cc2)c1N. The van der Waals surface area contributed by atoms with Crippen LogP contribution in [0.4, 0.5) is 5.82 Å². The number of aromatic hydroxyl groups is 1. The summed E-state index contributed by atoms with van der Waals surface area (Å²) in [6.45, 7) is 0. The number of nitrogens with two attached hydrogens (primary N) is 1. The molecular weight excluding hydrogens is 288 g/mol. The van der Waals surface area contributed by atoms with Crippen LogP contribution < -0.4 is 5.73 Å². The average Bonchev–Trinajstić information content (AvgIpc) is 2.88. The first-order valence-electron chi connectivity index (χ1n) is 6.86. The van der Waals surface area contributed by atoms with Crippen molar-refractivity contribution in [3.63, 3.8) is 0 Å². The standard InChI is InChI=1S/C18H12N4O/c19-10-15-16(11-20)18(21)22(13-6-8-14(23)9-7-13)17(15)12-4-2-1-3-5-12/h1-9,23H,21H2. The van der Waals surface area contributed by atoms with E-state index in [1.807, 2.05) is 36.4 Å². The minimum atomic E-state index is 0.127. The Labute approximate surface area is 133 Å². The summed E-state index contributed by atoms with van der Waals surface area (Å²) in [4.78, 5) is 0. The minimum absolute atomic E-state index is 0.127. The van der Waals surface area contributed by atoms with Crippen LogP contribution in [0.25, 0.3) is 16.9 Å². The zero-order valence-electron chi connectivity index (χ0n) is 12.1. The van der Waals surface area contributed by atoms with Gasteiger partial charge in [-0.3, -0.25) is 4.57 Å². The molecule has 23 heavy (non-hydrogen) atoms. The van der Waals surface area contributed by atoms with E-state index in [9.17, 15) is 15.6 Å². The Hall–Kier alpha value is -3.70. The van der Waals surface area contributed by atoms with Crippen molar-refractivity contribution >= 4 is 5.82 Å². The van der Waals surface area contributed by atoms with Gasteiger partial charge < -0.3 is 10.8 Å². The Bertz CT molecular complexity index is 942. The lowest BCUT2D eigenvalue weighted by molar-refractivity contribution is 0.475. The number of aromatic nitrogens is 1. The van der Waals surface area contributed by atoms with Crippen LogP contribution in [0.1, 0.15) is 11.1 Å². The van der Waals surface area contributed by atoms with Gasteiger partial charge in [-0.15, -0.1) is 0 Å². The number of nitriles is 2. The van der Waals surface area contributed by atoms with Gasteiger partial charge in [-0.1, -0.05) is 30.3 Å². The second-order valence-corrected chi connectivity index (χ2v) is 4.93. The lowest BCUT2D eigenvalue weighted by Gasteiger charge is -2.12. The van der Waals surface area contributed by atoms with Crippen molar-refractivity contribution in [1.29, 1.82) is 10.5 Å². The molecule has 0 saturated heterocycles. The molecule has 3 aromatic rings. The summed E-state index contributed by atoms with van der Waals surface area (Å²) in [5.41, 5.74) is 8.53. The topological polar surface area (TPSA) is 98.8 Å². The molecule has 0 aliphatic rings. The molecule has 0 bridgehead atoms. The highest BCUT2D eigenvalue weighted by molar-refractivity contribution is 5.80. The lowest BCUT2D eigenvalue weighted by atomic mass is 10.1. The summed E-state index contributed by atoms with van der Waals surface area (Å²) in [6.07, 6.45) is 0. The Morgan fingerprint density at radius 1 is 0.870 bits per heavy atom. The second-order valence-electron chi connectivity index (χ2n) is 4.93. The fourth-order valence-corrected chi connectivity index (χ4v) is 2.55. The molecule has 0 aliphatic heterocycles. The van der Waals surface area contributed by atoms with E-state index in [2.05, 4.69) is 6.07 Å². The Balaban J connectivity index is 2.40. The third-order valence-electron chi connectivity index (χ3n) is 3.59. The van der Waals surface area contributed by atoms with Gasteiger partial charge in [0, 0.05) is 5.69 Å². The maximum atomic E-state index is 9.51. The quantitative estimate of drug-likeness (QED) is 0.759. The zero-order valence-corrected chi connectivity index (χ0v) is 12.1. The van der Waals surface area contributed by atoms with Crippen LogP contribution in [0.15, 0.2) is 54.6 Å². The van der Waals surface area contributed by atoms with Gasteiger partial charge in [0.2, 0.25) is 0 Å². The van der Waals surface area contributed by atoms with E-state index in [4.69, 9.17) is 5.73 Å². The summed E-state index contributed by atoms with van der Waals surface area (Å²) < 4.78 is 1.66. The number of anilines is 1. The molecule has 0 spiro atoms. The van der Waals surface area contributed by atoms with E-state index in [-0.39, 0.29) is 22.7 Å². The third kappa shape index (κ3) is 2.27. The van der Waals surface area contributed by atoms with Gasteiger partial charge in [-0.25, -0.2) is 0 Å².